The first kappa shape index (κ1) is 29.2. The Kier molecular flexibility index (Phi) is 38.4. The Morgan fingerprint density at radius 1 is 1.33 bits per heavy atom. The van der Waals surface area contributed by atoms with Gasteiger partial charge in [0.2, 0.25) is 0 Å². The van der Waals surface area contributed by atoms with E-state index >= 15 is 0 Å². The number of rotatable bonds is 0. The van der Waals surface area contributed by atoms with Crippen LogP contribution in [0.2, 0.25) is 0 Å². The second-order valence-corrected chi connectivity index (χ2v) is 1.87. The van der Waals surface area contributed by atoms with Crippen LogP contribution >= 0.6 is 7.82 Å². The molecular weight excluding hydrogens is 249 g/mol. The minimum absolute atomic E-state index is 0. The zero-order valence-corrected chi connectivity index (χ0v) is 13.4. The van der Waals surface area contributed by atoms with Crippen LogP contribution in [-0.4, -0.2) is 15.8 Å². The maximum Gasteiger partial charge on any atom is 1.00 e. The maximum absolute atomic E-state index is 9.00. The summed E-state index contributed by atoms with van der Waals surface area (Å²) in [6, 6.07) is -0.833. The summed E-state index contributed by atoms with van der Waals surface area (Å²) in [5.74, 6) is 0. The number of hydrogen-bond acceptors (Lipinski definition) is 3. The number of amides is 2. The molecule has 0 spiro atoms. The molecule has 2 amide bonds. The van der Waals surface area contributed by atoms with Crippen LogP contribution in [0.3, 0.4) is 0 Å². The second-order valence-electron chi connectivity index (χ2n) is 0.893. The Labute approximate surface area is 140 Å². The number of nitrogens with two attached hydrogens (primary N) is 2. The first-order valence-electron chi connectivity index (χ1n) is 1.55. The van der Waals surface area contributed by atoms with Gasteiger partial charge in [-0.25, -0.2) is 4.79 Å². The van der Waals surface area contributed by atoms with Gasteiger partial charge >= 0.3 is 87.0 Å². The van der Waals surface area contributed by atoms with E-state index in [1.807, 2.05) is 0 Å². The smallest absolute Gasteiger partial charge is 1.00 e. The van der Waals surface area contributed by atoms with Gasteiger partial charge in [-0.15, -0.1) is 0 Å². The minimum Gasteiger partial charge on any atom is -1.00 e. The third-order valence-corrected chi connectivity index (χ3v) is 0. The summed E-state index contributed by atoms with van der Waals surface area (Å²) >= 11 is 0. The average molecular weight is 255 g/mol. The van der Waals surface area contributed by atoms with Gasteiger partial charge in [0, 0.05) is 0 Å². The molecule has 0 aromatic rings. The third kappa shape index (κ3) is 296. The first-order valence-corrected chi connectivity index (χ1v) is 3.08. The van der Waals surface area contributed by atoms with E-state index in [0.717, 1.165) is 0 Å². The molecule has 0 bridgehead atoms. The molecule has 7 nitrogen and oxygen atoms in total. The molecule has 6 N–H and O–H groups in total. The van der Waals surface area contributed by atoms with Gasteiger partial charge in [-0.1, -0.05) is 0 Å². The van der Waals surface area contributed by atoms with Crippen LogP contribution in [0.4, 0.5) is 4.79 Å². The fourth-order valence-corrected chi connectivity index (χ4v) is 0. The average Bonchev–Trinajstić information content (AvgIpc) is 1.19. The summed E-state index contributed by atoms with van der Waals surface area (Å²) in [5.41, 5.74) is 8.50. The van der Waals surface area contributed by atoms with E-state index in [4.69, 9.17) is 24.0 Å². The largest absolute Gasteiger partial charge is 1.00 e. The zero-order chi connectivity index (χ0) is 8.08. The van der Waals surface area contributed by atoms with Crippen LogP contribution in [0.25, 0.3) is 0 Å². The van der Waals surface area contributed by atoms with Crippen molar-refractivity contribution in [1.29, 1.82) is 0 Å². The first-order chi connectivity index (χ1) is 3.73. The number of phosphoric acid groups is 1. The van der Waals surface area contributed by atoms with E-state index in [1.54, 1.807) is 0 Å². The molecule has 0 fully saturated rings. The number of urea groups is 1. The predicted molar refractivity (Wildman–Crippen MR) is 25.8 cm³/mol. The molecule has 0 aromatic heterocycles. The van der Waals surface area contributed by atoms with Gasteiger partial charge in [-0.05, 0) is 0 Å². The van der Waals surface area contributed by atoms with Gasteiger partial charge in [-0.2, -0.15) is 0 Å². The summed E-state index contributed by atoms with van der Waals surface area (Å²) in [6.07, 6.45) is 0. The molecule has 0 radical (unpaired) electrons. The van der Waals surface area contributed by atoms with Crippen LogP contribution in [0.1, 0.15) is 0 Å². The molecule has 0 aliphatic rings. The quantitative estimate of drug-likeness (QED) is 0.250. The Hall–Kier alpha value is 2.31. The van der Waals surface area contributed by atoms with E-state index in [-0.39, 0.29) is 93.3 Å². The van der Waals surface area contributed by atoms with Crippen LogP contribution < -0.4 is 110 Å². The van der Waals surface area contributed by atoms with Crippen molar-refractivity contribution in [1.82, 2.24) is 0 Å². The van der Waals surface area contributed by atoms with E-state index in [2.05, 4.69) is 11.5 Å². The van der Waals surface area contributed by atoms with Gasteiger partial charge in [0.15, 0.2) is 0 Å². The van der Waals surface area contributed by atoms with Crippen LogP contribution in [0.5, 0.6) is 0 Å². The molecule has 64 valence electrons. The summed E-state index contributed by atoms with van der Waals surface area (Å²) in [6.45, 7) is 0. The number of hydrogen-bond donors (Lipinski definition) is 4. The van der Waals surface area contributed by atoms with Crippen molar-refractivity contribution in [2.75, 3.05) is 0 Å². The van der Waals surface area contributed by atoms with Gasteiger partial charge in [0.1, 0.15) is 0 Å². The summed E-state index contributed by atoms with van der Waals surface area (Å²) in [7, 11) is -4.89. The second kappa shape index (κ2) is 15.8. The summed E-state index contributed by atoms with van der Waals surface area (Å²) < 4.78 is 8.77. The minimum atomic E-state index is -4.89. The van der Waals surface area contributed by atoms with E-state index in [0.29, 0.717) is 0 Å². The monoisotopic (exact) mass is 254 g/mol. The van der Waals surface area contributed by atoms with Crippen molar-refractivity contribution >= 4 is 13.9 Å². The molecule has 0 unspecified atom stereocenters. The maximum atomic E-state index is 9.00. The molecule has 0 rings (SSSR count). The molecule has 0 aliphatic carbocycles. The fraction of sp³-hybridized carbons (Fsp3) is 0. The normalized spacial score (nSPS) is 6.92. The van der Waals surface area contributed by atoms with Crippen LogP contribution in [-0.2, 0) is 4.57 Å². The zero-order valence-electron chi connectivity index (χ0n) is 6.60. The van der Waals surface area contributed by atoms with E-state index in [1.165, 1.54) is 0 Å². The van der Waals surface area contributed by atoms with Crippen LogP contribution in [0, 0.1) is 0 Å². The molecular formula is CH6ClKN2NaO5P. The Morgan fingerprint density at radius 3 is 1.33 bits per heavy atom. The number of carbonyl (C=O) groups excluding carboxylic acids is 1. The molecule has 11 heteroatoms. The Morgan fingerprint density at radius 2 is 1.33 bits per heavy atom. The summed E-state index contributed by atoms with van der Waals surface area (Å²) in [4.78, 5) is 31.9. The van der Waals surface area contributed by atoms with Crippen molar-refractivity contribution in [2.24, 2.45) is 11.5 Å². The molecule has 0 aliphatic heterocycles. The fourth-order valence-electron chi connectivity index (χ4n) is 0. The van der Waals surface area contributed by atoms with Crippen molar-refractivity contribution in [3.8, 4) is 0 Å². The van der Waals surface area contributed by atoms with E-state index < -0.39 is 13.9 Å². The van der Waals surface area contributed by atoms with Crippen molar-refractivity contribution in [2.45, 2.75) is 0 Å². The molecule has 0 saturated heterocycles. The Bertz CT molecular complexity index is 129. The number of primary amides is 2. The molecule has 0 atom stereocenters. The molecule has 0 saturated carbocycles. The predicted octanol–water partition coefficient (Wildman–Crippen LogP) is -11.5. The number of carbonyl (C=O) groups is 1. The van der Waals surface area contributed by atoms with Crippen molar-refractivity contribution in [3.05, 3.63) is 0 Å². The van der Waals surface area contributed by atoms with Crippen molar-refractivity contribution < 1.29 is 117 Å². The third-order valence-electron chi connectivity index (χ3n) is 0. The SMILES string of the molecule is NC(N)=O.O=P([O-])(O)O.[Cl-].[K+].[Na+]. The van der Waals surface area contributed by atoms with Gasteiger partial charge in [0.05, 0.1) is 0 Å². The van der Waals surface area contributed by atoms with Crippen LogP contribution in [0.15, 0.2) is 0 Å². The van der Waals surface area contributed by atoms with Gasteiger partial charge < -0.3 is 38.6 Å². The topological polar surface area (TPSA) is 150 Å². The van der Waals surface area contributed by atoms with Gasteiger partial charge in [0.25, 0.3) is 7.82 Å². The molecule has 0 heterocycles. The van der Waals surface area contributed by atoms with Gasteiger partial charge in [-0.3, -0.25) is 4.57 Å². The molecule has 0 aromatic carbocycles. The standard InChI is InChI=1S/CH4N2O.ClH.K.Na.H3O4P/c2-1(3)4;;;;1-5(2,3)4/h(H4,2,3,4);1H;;;(H3,1,2,3,4)/q;;2*+1;/p-2. The molecule has 12 heavy (non-hydrogen) atoms. The van der Waals surface area contributed by atoms with E-state index in [9.17, 15) is 0 Å². The summed E-state index contributed by atoms with van der Waals surface area (Å²) in [5, 5.41) is 0. The Balaban J connectivity index is -0.0000000221. The number of halogens is 1. The van der Waals surface area contributed by atoms with Crippen molar-refractivity contribution in [3.63, 3.8) is 0 Å².